The third kappa shape index (κ3) is 1.25. The Bertz CT molecular complexity index is 288. The first-order chi connectivity index (χ1) is 5.90. The maximum absolute atomic E-state index is 4.99. The monoisotopic (exact) mass is 165 g/mol. The topological polar surface area (TPSA) is 47.0 Å². The fourth-order valence-electron chi connectivity index (χ4n) is 1.33. The van der Waals surface area contributed by atoms with Crippen molar-refractivity contribution < 1.29 is 4.74 Å². The number of hydrogen-bond donors (Lipinski definition) is 1. The summed E-state index contributed by atoms with van der Waals surface area (Å²) in [6.45, 7) is 1.84. The standard InChI is InChI=1S/C8H11N3O/c1-12-8-4-6-2-3-9-5-7(6)10-11-8/h4,9H,2-3,5H2,1H3. The molecule has 0 fully saturated rings. The van der Waals surface area contributed by atoms with Crippen LogP contribution < -0.4 is 10.1 Å². The van der Waals surface area contributed by atoms with E-state index in [1.54, 1.807) is 7.11 Å². The van der Waals surface area contributed by atoms with Gasteiger partial charge in [-0.3, -0.25) is 0 Å². The van der Waals surface area contributed by atoms with Gasteiger partial charge in [-0.15, -0.1) is 5.10 Å². The van der Waals surface area contributed by atoms with Gasteiger partial charge >= 0.3 is 0 Å². The predicted molar refractivity (Wildman–Crippen MR) is 44.0 cm³/mol. The molecule has 0 bridgehead atoms. The molecule has 4 nitrogen and oxygen atoms in total. The van der Waals surface area contributed by atoms with Gasteiger partial charge in [0.25, 0.3) is 0 Å². The van der Waals surface area contributed by atoms with Gasteiger partial charge in [0.2, 0.25) is 5.88 Å². The minimum atomic E-state index is 0.607. The number of fused-ring (bicyclic) bond motifs is 1. The van der Waals surface area contributed by atoms with Crippen LogP contribution in [0.5, 0.6) is 5.88 Å². The molecule has 12 heavy (non-hydrogen) atoms. The van der Waals surface area contributed by atoms with Crippen LogP contribution in [0.1, 0.15) is 11.3 Å². The van der Waals surface area contributed by atoms with Crippen molar-refractivity contribution in [2.45, 2.75) is 13.0 Å². The molecule has 0 spiro atoms. The molecular formula is C8H11N3O. The summed E-state index contributed by atoms with van der Waals surface area (Å²) in [6.07, 6.45) is 1.02. The summed E-state index contributed by atoms with van der Waals surface area (Å²) in [6, 6.07) is 1.96. The maximum Gasteiger partial charge on any atom is 0.233 e. The maximum atomic E-state index is 4.99. The van der Waals surface area contributed by atoms with E-state index in [4.69, 9.17) is 4.74 Å². The van der Waals surface area contributed by atoms with Gasteiger partial charge in [-0.25, -0.2) is 0 Å². The lowest BCUT2D eigenvalue weighted by molar-refractivity contribution is 0.388. The van der Waals surface area contributed by atoms with E-state index in [1.165, 1.54) is 5.56 Å². The van der Waals surface area contributed by atoms with Gasteiger partial charge in [0.1, 0.15) is 0 Å². The molecule has 0 aliphatic carbocycles. The van der Waals surface area contributed by atoms with Gasteiger partial charge in [0, 0.05) is 12.6 Å². The second-order valence-corrected chi connectivity index (χ2v) is 2.79. The Hall–Kier alpha value is -1.16. The fraction of sp³-hybridized carbons (Fsp3) is 0.500. The molecule has 1 aliphatic rings. The lowest BCUT2D eigenvalue weighted by Crippen LogP contribution is -2.25. The molecule has 2 rings (SSSR count). The number of ether oxygens (including phenoxy) is 1. The molecule has 1 aromatic rings. The van der Waals surface area contributed by atoms with E-state index in [-0.39, 0.29) is 0 Å². The van der Waals surface area contributed by atoms with E-state index >= 15 is 0 Å². The summed E-state index contributed by atoms with van der Waals surface area (Å²) in [4.78, 5) is 0. The lowest BCUT2D eigenvalue weighted by Gasteiger charge is -2.14. The minimum absolute atomic E-state index is 0.607. The Morgan fingerprint density at radius 3 is 3.25 bits per heavy atom. The largest absolute Gasteiger partial charge is 0.480 e. The number of rotatable bonds is 1. The molecular weight excluding hydrogens is 154 g/mol. The normalized spacial score (nSPS) is 15.4. The highest BCUT2D eigenvalue weighted by Gasteiger charge is 2.10. The molecule has 0 radical (unpaired) electrons. The molecule has 2 heterocycles. The van der Waals surface area contributed by atoms with Gasteiger partial charge in [0.15, 0.2) is 0 Å². The first-order valence-electron chi connectivity index (χ1n) is 4.00. The van der Waals surface area contributed by atoms with Gasteiger partial charge in [-0.2, -0.15) is 5.10 Å². The smallest absolute Gasteiger partial charge is 0.233 e. The van der Waals surface area contributed by atoms with Crippen molar-refractivity contribution in [1.82, 2.24) is 15.5 Å². The number of methoxy groups -OCH3 is 1. The van der Waals surface area contributed by atoms with Gasteiger partial charge in [-0.1, -0.05) is 0 Å². The molecule has 0 atom stereocenters. The van der Waals surface area contributed by atoms with Crippen molar-refractivity contribution in [3.8, 4) is 5.88 Å². The van der Waals surface area contributed by atoms with Crippen LogP contribution >= 0.6 is 0 Å². The van der Waals surface area contributed by atoms with Crippen molar-refractivity contribution >= 4 is 0 Å². The van der Waals surface area contributed by atoms with Gasteiger partial charge < -0.3 is 10.1 Å². The summed E-state index contributed by atoms with van der Waals surface area (Å²) < 4.78 is 4.99. The second kappa shape index (κ2) is 3.06. The molecule has 1 aliphatic heterocycles. The average molecular weight is 165 g/mol. The summed E-state index contributed by atoms with van der Waals surface area (Å²) >= 11 is 0. The van der Waals surface area contributed by atoms with E-state index in [2.05, 4.69) is 15.5 Å². The van der Waals surface area contributed by atoms with Gasteiger partial charge in [-0.05, 0) is 18.5 Å². The molecule has 0 amide bonds. The molecule has 1 N–H and O–H groups in total. The highest BCUT2D eigenvalue weighted by molar-refractivity contribution is 5.26. The van der Waals surface area contributed by atoms with E-state index < -0.39 is 0 Å². The third-order valence-corrected chi connectivity index (χ3v) is 2.01. The molecule has 0 aromatic carbocycles. The van der Waals surface area contributed by atoms with E-state index in [0.717, 1.165) is 25.2 Å². The van der Waals surface area contributed by atoms with Crippen molar-refractivity contribution in [1.29, 1.82) is 0 Å². The SMILES string of the molecule is COc1cc2c(nn1)CNCC2. The second-order valence-electron chi connectivity index (χ2n) is 2.79. The zero-order valence-electron chi connectivity index (χ0n) is 7.00. The van der Waals surface area contributed by atoms with E-state index in [0.29, 0.717) is 5.88 Å². The summed E-state index contributed by atoms with van der Waals surface area (Å²) in [7, 11) is 1.61. The summed E-state index contributed by atoms with van der Waals surface area (Å²) in [5.41, 5.74) is 2.29. The third-order valence-electron chi connectivity index (χ3n) is 2.01. The highest BCUT2D eigenvalue weighted by Crippen LogP contribution is 2.14. The molecule has 1 aromatic heterocycles. The quantitative estimate of drug-likeness (QED) is 0.642. The fourth-order valence-corrected chi connectivity index (χ4v) is 1.33. The molecule has 0 saturated heterocycles. The Labute approximate surface area is 71.0 Å². The Balaban J connectivity index is 2.36. The Morgan fingerprint density at radius 1 is 1.50 bits per heavy atom. The van der Waals surface area contributed by atoms with Crippen LogP contribution in [-0.4, -0.2) is 23.9 Å². The number of aromatic nitrogens is 2. The van der Waals surface area contributed by atoms with Crippen LogP contribution in [0.3, 0.4) is 0 Å². The molecule has 4 heteroatoms. The van der Waals surface area contributed by atoms with Crippen LogP contribution in [0.15, 0.2) is 6.07 Å². The van der Waals surface area contributed by atoms with Crippen LogP contribution in [0, 0.1) is 0 Å². The van der Waals surface area contributed by atoms with E-state index in [1.807, 2.05) is 6.07 Å². The Morgan fingerprint density at radius 2 is 2.42 bits per heavy atom. The van der Waals surface area contributed by atoms with Crippen molar-refractivity contribution in [3.63, 3.8) is 0 Å². The van der Waals surface area contributed by atoms with Crippen LogP contribution in [0.2, 0.25) is 0 Å². The first kappa shape index (κ1) is 7.49. The summed E-state index contributed by atoms with van der Waals surface area (Å²) in [5, 5.41) is 11.2. The van der Waals surface area contributed by atoms with Crippen molar-refractivity contribution in [2.75, 3.05) is 13.7 Å². The van der Waals surface area contributed by atoms with Crippen molar-refractivity contribution in [2.24, 2.45) is 0 Å². The van der Waals surface area contributed by atoms with Crippen molar-refractivity contribution in [3.05, 3.63) is 17.3 Å². The lowest BCUT2D eigenvalue weighted by atomic mass is 10.1. The molecule has 64 valence electrons. The summed E-state index contributed by atoms with van der Waals surface area (Å²) in [5.74, 6) is 0.607. The molecule has 0 unspecified atom stereocenters. The van der Waals surface area contributed by atoms with Crippen LogP contribution in [-0.2, 0) is 13.0 Å². The predicted octanol–water partition coefficient (Wildman–Crippen LogP) is 0.131. The highest BCUT2D eigenvalue weighted by atomic mass is 16.5. The van der Waals surface area contributed by atoms with Gasteiger partial charge in [0.05, 0.1) is 12.8 Å². The zero-order chi connectivity index (χ0) is 8.39. The number of hydrogen-bond acceptors (Lipinski definition) is 4. The number of nitrogens with zero attached hydrogens (tertiary/aromatic N) is 2. The van der Waals surface area contributed by atoms with E-state index in [9.17, 15) is 0 Å². The number of nitrogens with one attached hydrogen (secondary N) is 1. The average Bonchev–Trinajstić information content (AvgIpc) is 2.17. The molecule has 0 saturated carbocycles. The Kier molecular flexibility index (Phi) is 1.91. The van der Waals surface area contributed by atoms with Crippen LogP contribution in [0.4, 0.5) is 0 Å². The first-order valence-corrected chi connectivity index (χ1v) is 4.00. The zero-order valence-corrected chi connectivity index (χ0v) is 7.00. The minimum Gasteiger partial charge on any atom is -0.480 e. The van der Waals surface area contributed by atoms with Crippen LogP contribution in [0.25, 0.3) is 0 Å².